The van der Waals surface area contributed by atoms with E-state index in [9.17, 15) is 4.79 Å². The molecule has 6 heteroatoms. The number of hydrogen-bond acceptors (Lipinski definition) is 5. The van der Waals surface area contributed by atoms with Crippen molar-refractivity contribution in [1.82, 2.24) is 9.88 Å². The lowest BCUT2D eigenvalue weighted by Crippen LogP contribution is -2.47. The molecule has 2 aromatic carbocycles. The van der Waals surface area contributed by atoms with E-state index in [-0.39, 0.29) is 18.0 Å². The van der Waals surface area contributed by atoms with Gasteiger partial charge in [0.15, 0.2) is 0 Å². The maximum absolute atomic E-state index is 13.6. The second kappa shape index (κ2) is 8.77. The zero-order valence-corrected chi connectivity index (χ0v) is 19.4. The molecule has 0 aliphatic carbocycles. The molecule has 1 aromatic heterocycles. The summed E-state index contributed by atoms with van der Waals surface area (Å²) < 4.78 is 5.28. The van der Waals surface area contributed by atoms with Crippen LogP contribution < -0.4 is 14.5 Å². The predicted molar refractivity (Wildman–Crippen MR) is 133 cm³/mol. The molecule has 6 nitrogen and oxygen atoms in total. The minimum atomic E-state index is 0.0664. The molecule has 5 rings (SSSR count). The number of benzene rings is 2. The van der Waals surface area contributed by atoms with E-state index in [2.05, 4.69) is 47.9 Å². The van der Waals surface area contributed by atoms with Gasteiger partial charge in [-0.05, 0) is 50.2 Å². The molecule has 3 heterocycles. The Morgan fingerprint density at radius 2 is 1.55 bits per heavy atom. The predicted octanol–water partition coefficient (Wildman–Crippen LogP) is 4.36. The molecule has 2 aliphatic heterocycles. The Morgan fingerprint density at radius 1 is 0.909 bits per heavy atom. The number of piperazine rings is 1. The Bertz CT molecular complexity index is 1170. The third-order valence-electron chi connectivity index (χ3n) is 6.75. The number of nitrogens with zero attached hydrogens (tertiary/aromatic N) is 4. The molecule has 3 aromatic rings. The highest BCUT2D eigenvalue weighted by Crippen LogP contribution is 2.29. The standard InChI is InChI=1S/C27H30N4O2/c1-19-8-9-20(2)31(19)27(32)24-18-26(28-25-7-5-4-6-23(24)25)30-16-14-29(15-17-30)21-10-12-22(33-3)13-11-21/h4-13,18-20H,14-17H2,1-3H3. The number of pyridine rings is 1. The highest BCUT2D eigenvalue weighted by molar-refractivity contribution is 6.07. The number of ether oxygens (including phenoxy) is 1. The van der Waals surface area contributed by atoms with Gasteiger partial charge >= 0.3 is 0 Å². The van der Waals surface area contributed by atoms with Gasteiger partial charge in [0, 0.05) is 49.3 Å². The smallest absolute Gasteiger partial charge is 0.255 e. The van der Waals surface area contributed by atoms with Crippen LogP contribution >= 0.6 is 0 Å². The van der Waals surface area contributed by atoms with Crippen molar-refractivity contribution < 1.29 is 9.53 Å². The maximum Gasteiger partial charge on any atom is 0.255 e. The SMILES string of the molecule is COc1ccc(N2CCN(c3cc(C(=O)N4C(C)C=CC4C)c4ccccc4n3)CC2)cc1. The molecule has 33 heavy (non-hydrogen) atoms. The van der Waals surface area contributed by atoms with Gasteiger partial charge in [0.1, 0.15) is 11.6 Å². The van der Waals surface area contributed by atoms with E-state index in [0.29, 0.717) is 0 Å². The Hall–Kier alpha value is -3.54. The summed E-state index contributed by atoms with van der Waals surface area (Å²) in [4.78, 5) is 25.2. The Balaban J connectivity index is 1.40. The van der Waals surface area contributed by atoms with Crippen molar-refractivity contribution in [1.29, 1.82) is 0 Å². The molecule has 1 saturated heterocycles. The number of rotatable bonds is 4. The van der Waals surface area contributed by atoms with E-state index in [1.807, 2.05) is 47.4 Å². The number of methoxy groups -OCH3 is 1. The molecule has 0 spiro atoms. The van der Waals surface area contributed by atoms with E-state index in [0.717, 1.165) is 54.2 Å². The number of para-hydroxylation sites is 1. The van der Waals surface area contributed by atoms with Crippen LogP contribution in [0.1, 0.15) is 24.2 Å². The molecule has 0 radical (unpaired) electrons. The van der Waals surface area contributed by atoms with Gasteiger partial charge in [-0.15, -0.1) is 0 Å². The van der Waals surface area contributed by atoms with Crippen LogP contribution in [0.3, 0.4) is 0 Å². The van der Waals surface area contributed by atoms with Crippen molar-refractivity contribution in [2.45, 2.75) is 25.9 Å². The molecule has 170 valence electrons. The molecular formula is C27H30N4O2. The third kappa shape index (κ3) is 4.01. The monoisotopic (exact) mass is 442 g/mol. The van der Waals surface area contributed by atoms with Crippen LogP contribution in [0.25, 0.3) is 10.9 Å². The second-order valence-electron chi connectivity index (χ2n) is 8.80. The summed E-state index contributed by atoms with van der Waals surface area (Å²) in [7, 11) is 1.69. The van der Waals surface area contributed by atoms with Crippen molar-refractivity contribution in [2.75, 3.05) is 43.1 Å². The topological polar surface area (TPSA) is 48.9 Å². The van der Waals surface area contributed by atoms with Gasteiger partial charge in [0.2, 0.25) is 0 Å². The average molecular weight is 443 g/mol. The minimum absolute atomic E-state index is 0.0664. The molecule has 2 unspecified atom stereocenters. The van der Waals surface area contributed by atoms with Crippen LogP contribution in [-0.4, -0.2) is 61.2 Å². The Labute approximate surface area is 195 Å². The Kier molecular flexibility index (Phi) is 5.67. The van der Waals surface area contributed by atoms with Crippen molar-refractivity contribution in [3.05, 3.63) is 72.3 Å². The number of fused-ring (bicyclic) bond motifs is 1. The van der Waals surface area contributed by atoms with Gasteiger partial charge in [-0.3, -0.25) is 4.79 Å². The fourth-order valence-electron chi connectivity index (χ4n) is 4.87. The lowest BCUT2D eigenvalue weighted by atomic mass is 10.1. The fourth-order valence-corrected chi connectivity index (χ4v) is 4.87. The van der Waals surface area contributed by atoms with Gasteiger partial charge in [0.05, 0.1) is 18.2 Å². The summed E-state index contributed by atoms with van der Waals surface area (Å²) >= 11 is 0. The van der Waals surface area contributed by atoms with Gasteiger partial charge < -0.3 is 19.4 Å². The zero-order valence-electron chi connectivity index (χ0n) is 19.4. The van der Waals surface area contributed by atoms with E-state index in [1.54, 1.807) is 7.11 Å². The van der Waals surface area contributed by atoms with Gasteiger partial charge in [-0.25, -0.2) is 4.98 Å². The van der Waals surface area contributed by atoms with Crippen LogP contribution in [0.2, 0.25) is 0 Å². The van der Waals surface area contributed by atoms with Gasteiger partial charge in [-0.2, -0.15) is 0 Å². The highest BCUT2D eigenvalue weighted by Gasteiger charge is 2.30. The normalized spacial score (nSPS) is 20.5. The zero-order chi connectivity index (χ0) is 22.9. The number of amides is 1. The van der Waals surface area contributed by atoms with Crippen LogP contribution in [0.15, 0.2) is 66.7 Å². The molecule has 1 amide bonds. The molecular weight excluding hydrogens is 412 g/mol. The van der Waals surface area contributed by atoms with Crippen LogP contribution in [0.4, 0.5) is 11.5 Å². The first kappa shape index (κ1) is 21.3. The summed E-state index contributed by atoms with van der Waals surface area (Å²) in [5.74, 6) is 1.81. The van der Waals surface area contributed by atoms with E-state index >= 15 is 0 Å². The first-order chi connectivity index (χ1) is 16.0. The third-order valence-corrected chi connectivity index (χ3v) is 6.75. The molecule has 0 bridgehead atoms. The van der Waals surface area contributed by atoms with Crippen molar-refractivity contribution in [3.63, 3.8) is 0 Å². The van der Waals surface area contributed by atoms with Crippen LogP contribution in [0.5, 0.6) is 5.75 Å². The molecule has 1 fully saturated rings. The summed E-state index contributed by atoms with van der Waals surface area (Å²) in [6.45, 7) is 7.63. The highest BCUT2D eigenvalue weighted by atomic mass is 16.5. The lowest BCUT2D eigenvalue weighted by molar-refractivity contribution is 0.0711. The summed E-state index contributed by atoms with van der Waals surface area (Å²) in [6.07, 6.45) is 4.20. The number of carbonyl (C=O) groups excluding carboxylic acids is 1. The fraction of sp³-hybridized carbons (Fsp3) is 0.333. The molecule has 0 saturated carbocycles. The first-order valence-corrected chi connectivity index (χ1v) is 11.6. The second-order valence-corrected chi connectivity index (χ2v) is 8.80. The summed E-state index contributed by atoms with van der Waals surface area (Å²) in [5, 5.41) is 0.911. The molecule has 0 N–H and O–H groups in total. The van der Waals surface area contributed by atoms with E-state index < -0.39 is 0 Å². The first-order valence-electron chi connectivity index (χ1n) is 11.6. The number of aromatic nitrogens is 1. The van der Waals surface area contributed by atoms with Crippen molar-refractivity contribution in [2.24, 2.45) is 0 Å². The Morgan fingerprint density at radius 3 is 2.21 bits per heavy atom. The number of hydrogen-bond donors (Lipinski definition) is 0. The van der Waals surface area contributed by atoms with Crippen molar-refractivity contribution >= 4 is 28.3 Å². The average Bonchev–Trinajstić information content (AvgIpc) is 3.20. The summed E-state index contributed by atoms with van der Waals surface area (Å²) in [6, 6.07) is 18.3. The maximum atomic E-state index is 13.6. The lowest BCUT2D eigenvalue weighted by Gasteiger charge is -2.37. The quantitative estimate of drug-likeness (QED) is 0.562. The van der Waals surface area contributed by atoms with Crippen LogP contribution in [0, 0.1) is 0 Å². The van der Waals surface area contributed by atoms with Gasteiger partial charge in [0.25, 0.3) is 5.91 Å². The van der Waals surface area contributed by atoms with E-state index in [4.69, 9.17) is 9.72 Å². The molecule has 2 aliphatic rings. The summed E-state index contributed by atoms with van der Waals surface area (Å²) in [5.41, 5.74) is 2.79. The molecule has 2 atom stereocenters. The van der Waals surface area contributed by atoms with Crippen molar-refractivity contribution in [3.8, 4) is 5.75 Å². The number of carbonyl (C=O) groups is 1. The number of anilines is 2. The van der Waals surface area contributed by atoms with Crippen LogP contribution in [-0.2, 0) is 0 Å². The minimum Gasteiger partial charge on any atom is -0.497 e. The van der Waals surface area contributed by atoms with Gasteiger partial charge in [-0.1, -0.05) is 30.4 Å². The largest absolute Gasteiger partial charge is 0.497 e. The van der Waals surface area contributed by atoms with E-state index in [1.165, 1.54) is 5.69 Å².